The van der Waals surface area contributed by atoms with Crippen molar-refractivity contribution in [2.45, 2.75) is 25.3 Å². The molecule has 0 aliphatic rings. The van der Waals surface area contributed by atoms with Crippen LogP contribution in [0.3, 0.4) is 0 Å². The maximum Gasteiger partial charge on any atom is 0.387 e. The molecule has 0 amide bonds. The normalized spacial score (nSPS) is 10.6. The highest BCUT2D eigenvalue weighted by molar-refractivity contribution is 9.08. The van der Waals surface area contributed by atoms with Crippen molar-refractivity contribution in [3.05, 3.63) is 29.1 Å². The van der Waals surface area contributed by atoms with E-state index in [-0.39, 0.29) is 35.2 Å². The highest BCUT2D eigenvalue weighted by atomic mass is 79.9. The Bertz CT molecular complexity index is 452. The molecule has 7 heteroatoms. The van der Waals surface area contributed by atoms with E-state index in [0.29, 0.717) is 0 Å². The smallest absolute Gasteiger partial charge is 0.387 e. The molecule has 0 aliphatic carbocycles. The number of rotatable bonds is 6. The van der Waals surface area contributed by atoms with Gasteiger partial charge in [-0.3, -0.25) is 4.79 Å². The van der Waals surface area contributed by atoms with Gasteiger partial charge in [0.1, 0.15) is 11.6 Å². The molecule has 1 aromatic rings. The first kappa shape index (κ1) is 15.8. The Balaban J connectivity index is 3.13. The van der Waals surface area contributed by atoms with E-state index in [1.807, 2.05) is 0 Å². The van der Waals surface area contributed by atoms with Crippen LogP contribution in [0.2, 0.25) is 0 Å². The van der Waals surface area contributed by atoms with Gasteiger partial charge in [-0.05, 0) is 19.1 Å². The number of carbonyl (C=O) groups is 1. The van der Waals surface area contributed by atoms with E-state index >= 15 is 0 Å². The molecule has 0 aliphatic heterocycles. The summed E-state index contributed by atoms with van der Waals surface area (Å²) in [6, 6.07) is 2.09. The average molecular weight is 341 g/mol. The van der Waals surface area contributed by atoms with Gasteiger partial charge >= 0.3 is 12.6 Å². The molecular formula is C12H12BrF3O3. The topological polar surface area (TPSA) is 35.5 Å². The quantitative estimate of drug-likeness (QED) is 0.588. The van der Waals surface area contributed by atoms with Gasteiger partial charge in [0.25, 0.3) is 0 Å². The Morgan fingerprint density at radius 3 is 2.58 bits per heavy atom. The summed E-state index contributed by atoms with van der Waals surface area (Å²) in [5.74, 6) is -1.45. The summed E-state index contributed by atoms with van der Waals surface area (Å²) in [6.45, 7) is -1.27. The molecule has 19 heavy (non-hydrogen) atoms. The monoisotopic (exact) mass is 340 g/mol. The molecule has 1 aromatic carbocycles. The first-order valence-corrected chi connectivity index (χ1v) is 6.58. The van der Waals surface area contributed by atoms with Gasteiger partial charge < -0.3 is 9.47 Å². The van der Waals surface area contributed by atoms with Gasteiger partial charge in [0.15, 0.2) is 0 Å². The Morgan fingerprint density at radius 1 is 1.37 bits per heavy atom. The molecule has 0 radical (unpaired) electrons. The van der Waals surface area contributed by atoms with Crippen LogP contribution in [0.4, 0.5) is 13.2 Å². The lowest BCUT2D eigenvalue weighted by Gasteiger charge is -2.14. The zero-order valence-corrected chi connectivity index (χ0v) is 11.7. The Morgan fingerprint density at radius 2 is 2.05 bits per heavy atom. The van der Waals surface area contributed by atoms with E-state index in [0.717, 1.165) is 12.1 Å². The molecule has 0 spiro atoms. The minimum absolute atomic E-state index is 0.0654. The lowest BCUT2D eigenvalue weighted by Crippen LogP contribution is -2.13. The highest BCUT2D eigenvalue weighted by Crippen LogP contribution is 2.29. The van der Waals surface area contributed by atoms with Crippen molar-refractivity contribution < 1.29 is 27.4 Å². The predicted molar refractivity (Wildman–Crippen MR) is 66.0 cm³/mol. The van der Waals surface area contributed by atoms with Crippen molar-refractivity contribution in [2.24, 2.45) is 0 Å². The largest absolute Gasteiger partial charge is 0.466 e. The number of esters is 1. The summed E-state index contributed by atoms with van der Waals surface area (Å²) in [5.41, 5.74) is 0.168. The molecule has 0 unspecified atom stereocenters. The van der Waals surface area contributed by atoms with Crippen LogP contribution in [0.15, 0.2) is 12.1 Å². The fourth-order valence-electron chi connectivity index (χ4n) is 1.54. The van der Waals surface area contributed by atoms with E-state index < -0.39 is 18.4 Å². The second-order valence-corrected chi connectivity index (χ2v) is 4.06. The maximum atomic E-state index is 13.6. The summed E-state index contributed by atoms with van der Waals surface area (Å²) >= 11 is 3.05. The molecule has 0 bridgehead atoms. The van der Waals surface area contributed by atoms with E-state index in [1.54, 1.807) is 6.92 Å². The standard InChI is InChI=1S/C12H12BrF3O3/c1-2-18-11(17)5-7-8(6-13)9(14)3-4-10(7)19-12(15)16/h3-4,12H,2,5-6H2,1H3. The third-order valence-electron chi connectivity index (χ3n) is 2.31. The molecule has 0 N–H and O–H groups in total. The zero-order chi connectivity index (χ0) is 14.4. The molecule has 0 fully saturated rings. The summed E-state index contributed by atoms with van der Waals surface area (Å²) in [7, 11) is 0. The first-order valence-electron chi connectivity index (χ1n) is 5.46. The highest BCUT2D eigenvalue weighted by Gasteiger charge is 2.19. The summed E-state index contributed by atoms with van der Waals surface area (Å²) in [4.78, 5) is 11.4. The number of benzene rings is 1. The minimum atomic E-state index is -3.05. The number of alkyl halides is 3. The molecule has 0 atom stereocenters. The predicted octanol–water partition coefficient (Wildman–Crippen LogP) is 3.43. The van der Waals surface area contributed by atoms with Crippen molar-refractivity contribution >= 4 is 21.9 Å². The lowest BCUT2D eigenvalue weighted by atomic mass is 10.0. The second kappa shape index (κ2) is 7.37. The van der Waals surface area contributed by atoms with Crippen LogP contribution in [0.1, 0.15) is 18.1 Å². The van der Waals surface area contributed by atoms with Crippen LogP contribution >= 0.6 is 15.9 Å². The molecule has 106 valence electrons. The van der Waals surface area contributed by atoms with E-state index in [4.69, 9.17) is 4.74 Å². The third-order valence-corrected chi connectivity index (χ3v) is 2.87. The third kappa shape index (κ3) is 4.41. The lowest BCUT2D eigenvalue weighted by molar-refractivity contribution is -0.142. The molecular weight excluding hydrogens is 329 g/mol. The number of hydrogen-bond acceptors (Lipinski definition) is 3. The maximum absolute atomic E-state index is 13.6. The minimum Gasteiger partial charge on any atom is -0.466 e. The molecule has 0 aromatic heterocycles. The fraction of sp³-hybridized carbons (Fsp3) is 0.417. The van der Waals surface area contributed by atoms with E-state index in [2.05, 4.69) is 20.7 Å². The van der Waals surface area contributed by atoms with E-state index in [9.17, 15) is 18.0 Å². The van der Waals surface area contributed by atoms with Crippen molar-refractivity contribution in [1.82, 2.24) is 0 Å². The van der Waals surface area contributed by atoms with Gasteiger partial charge in [-0.2, -0.15) is 8.78 Å². The van der Waals surface area contributed by atoms with Gasteiger partial charge in [-0.1, -0.05) is 15.9 Å². The Labute approximate surface area is 116 Å². The SMILES string of the molecule is CCOC(=O)Cc1c(OC(F)F)ccc(F)c1CBr. The van der Waals surface area contributed by atoms with Gasteiger partial charge in [-0.25, -0.2) is 4.39 Å². The van der Waals surface area contributed by atoms with Crippen LogP contribution < -0.4 is 4.74 Å². The summed E-state index contributed by atoms with van der Waals surface area (Å²) < 4.78 is 47.2. The average Bonchev–Trinajstić information content (AvgIpc) is 2.33. The Kier molecular flexibility index (Phi) is 6.14. The number of carbonyl (C=O) groups excluding carboxylic acids is 1. The van der Waals surface area contributed by atoms with Gasteiger partial charge in [-0.15, -0.1) is 0 Å². The van der Waals surface area contributed by atoms with E-state index in [1.165, 1.54) is 0 Å². The van der Waals surface area contributed by atoms with Crippen LogP contribution in [0.5, 0.6) is 5.75 Å². The van der Waals surface area contributed by atoms with Gasteiger partial charge in [0.05, 0.1) is 13.0 Å². The first-order chi connectivity index (χ1) is 8.99. The number of halogens is 4. The van der Waals surface area contributed by atoms with Crippen molar-refractivity contribution in [1.29, 1.82) is 0 Å². The van der Waals surface area contributed by atoms with Crippen molar-refractivity contribution in [3.63, 3.8) is 0 Å². The Hall–Kier alpha value is -1.24. The van der Waals surface area contributed by atoms with Crippen LogP contribution in [0, 0.1) is 5.82 Å². The molecule has 0 saturated heterocycles. The fourth-order valence-corrected chi connectivity index (χ4v) is 2.15. The van der Waals surface area contributed by atoms with Gasteiger partial charge in [0.2, 0.25) is 0 Å². The van der Waals surface area contributed by atoms with Crippen LogP contribution in [-0.2, 0) is 21.3 Å². The summed E-state index contributed by atoms with van der Waals surface area (Å²) in [6.07, 6.45) is -0.325. The molecule has 0 heterocycles. The molecule has 0 saturated carbocycles. The number of hydrogen-bond donors (Lipinski definition) is 0. The van der Waals surface area contributed by atoms with Crippen LogP contribution in [-0.4, -0.2) is 19.2 Å². The van der Waals surface area contributed by atoms with Crippen molar-refractivity contribution in [2.75, 3.05) is 6.61 Å². The molecule has 3 nitrogen and oxygen atoms in total. The zero-order valence-electron chi connectivity index (χ0n) is 10.1. The second-order valence-electron chi connectivity index (χ2n) is 3.50. The van der Waals surface area contributed by atoms with Crippen molar-refractivity contribution in [3.8, 4) is 5.75 Å². The van der Waals surface area contributed by atoms with Gasteiger partial charge in [0, 0.05) is 16.5 Å². The van der Waals surface area contributed by atoms with Crippen LogP contribution in [0.25, 0.3) is 0 Å². The summed E-state index contributed by atoms with van der Waals surface area (Å²) in [5, 5.41) is 0.0774. The number of ether oxygens (including phenoxy) is 2. The molecule has 1 rings (SSSR count).